The zero-order valence-corrected chi connectivity index (χ0v) is 22.5. The first-order valence-electron chi connectivity index (χ1n) is 13.2. The normalized spacial score (nSPS) is 30.6. The maximum absolute atomic E-state index is 13.9. The summed E-state index contributed by atoms with van der Waals surface area (Å²) in [5, 5.41) is 46.0. The molecule has 9 N–H and O–H groups in total. The van der Waals surface area contributed by atoms with Gasteiger partial charge in [-0.2, -0.15) is 0 Å². The van der Waals surface area contributed by atoms with Gasteiger partial charge in [0.25, 0.3) is 5.91 Å². The maximum Gasteiger partial charge on any atom is 0.437 e. The summed E-state index contributed by atoms with van der Waals surface area (Å²) in [5.74, 6) is -1.56. The molecule has 2 unspecified atom stereocenters. The number of nitrogens with zero attached hydrogens (tertiary/aromatic N) is 3. The number of fused-ring (bicyclic) bond motifs is 1. The monoisotopic (exact) mass is 539 g/mol. The van der Waals surface area contributed by atoms with E-state index in [2.05, 4.69) is 16.0 Å². The Morgan fingerprint density at radius 3 is 2.58 bits per heavy atom. The van der Waals surface area contributed by atoms with Gasteiger partial charge in [-0.1, -0.05) is 13.8 Å². The van der Waals surface area contributed by atoms with E-state index in [0.29, 0.717) is 31.9 Å². The molecule has 1 saturated heterocycles. The van der Waals surface area contributed by atoms with Gasteiger partial charge in [0.2, 0.25) is 5.91 Å². The summed E-state index contributed by atoms with van der Waals surface area (Å²) in [5.41, 5.74) is 10.6. The molecule has 0 aromatic rings. The molecule has 2 fully saturated rings. The number of hydrogen-bond donors (Lipinski definition) is 6. The van der Waals surface area contributed by atoms with E-state index in [1.807, 2.05) is 10.7 Å². The predicted octanol–water partition coefficient (Wildman–Crippen LogP) is -4.11. The molecule has 3 rings (SSSR count). The smallest absolute Gasteiger partial charge is 0.437 e. The Morgan fingerprint density at radius 2 is 2.00 bits per heavy atom. The van der Waals surface area contributed by atoms with E-state index in [-0.39, 0.29) is 31.2 Å². The molecule has 0 aromatic carbocycles. The first kappa shape index (κ1) is 30.0. The van der Waals surface area contributed by atoms with Crippen molar-refractivity contribution in [1.29, 1.82) is 0 Å². The van der Waals surface area contributed by atoms with E-state index < -0.39 is 60.8 Å². The summed E-state index contributed by atoms with van der Waals surface area (Å²) in [4.78, 5) is 32.3. The van der Waals surface area contributed by atoms with Gasteiger partial charge < -0.3 is 40.4 Å². The third kappa shape index (κ3) is 6.70. The van der Waals surface area contributed by atoms with Crippen LogP contribution < -0.4 is 21.9 Å². The van der Waals surface area contributed by atoms with E-state index in [9.17, 15) is 30.0 Å². The van der Waals surface area contributed by atoms with Gasteiger partial charge in [-0.15, -0.1) is 0 Å². The highest BCUT2D eigenvalue weighted by atomic mass is 16.5. The number of rotatable bonds is 10. The van der Waals surface area contributed by atoms with Crippen molar-refractivity contribution in [2.75, 3.05) is 33.4 Å². The zero-order chi connectivity index (χ0) is 28.1. The molecule has 38 heavy (non-hydrogen) atoms. The van der Waals surface area contributed by atoms with Crippen LogP contribution >= 0.6 is 0 Å². The van der Waals surface area contributed by atoms with Gasteiger partial charge in [-0.3, -0.25) is 15.3 Å². The van der Waals surface area contributed by atoms with E-state index in [1.54, 1.807) is 13.8 Å². The largest absolute Gasteiger partial charge is 0.861 e. The van der Waals surface area contributed by atoms with Gasteiger partial charge >= 0.3 is 5.96 Å². The molecule has 0 aromatic heterocycles. The Morgan fingerprint density at radius 1 is 1.32 bits per heavy atom. The third-order valence-corrected chi connectivity index (χ3v) is 7.85. The summed E-state index contributed by atoms with van der Waals surface area (Å²) in [7, 11) is 1.29. The number of methoxy groups -OCH3 is 1. The average molecular weight is 540 g/mol. The van der Waals surface area contributed by atoms with Crippen LogP contribution in [0.2, 0.25) is 0 Å². The minimum atomic E-state index is -1.13. The molecule has 0 bridgehead atoms. The van der Waals surface area contributed by atoms with Crippen LogP contribution in [-0.2, 0) is 14.3 Å². The molecule has 2 heterocycles. The molecule has 3 aliphatic rings. The third-order valence-electron chi connectivity index (χ3n) is 7.85. The molecule has 1 aliphatic carbocycles. The second-order valence-corrected chi connectivity index (χ2v) is 10.8. The molecular formula is C25H43N6O7+. The highest BCUT2D eigenvalue weighted by molar-refractivity contribution is 5.93. The molecule has 0 spiro atoms. The van der Waals surface area contributed by atoms with E-state index in [0.717, 1.165) is 5.57 Å². The van der Waals surface area contributed by atoms with E-state index in [4.69, 9.17) is 10.5 Å². The lowest BCUT2D eigenvalue weighted by Crippen LogP contribution is -2.66. The fraction of sp³-hybridized carbons (Fsp3) is 0.760. The molecule has 7 atom stereocenters. The molecule has 1 saturated carbocycles. The van der Waals surface area contributed by atoms with Crippen molar-refractivity contribution in [3.63, 3.8) is 0 Å². The first-order chi connectivity index (χ1) is 18.0. The van der Waals surface area contributed by atoms with E-state index >= 15 is 0 Å². The standard InChI is InChI=1S/C25H42N6O7/c1-13(2)21(29-23(36)20(12-32)38-3)24(37)31-16-10-19(34)18(33)9-15(16)8-17(31)22(35)28-6-4-14-5-7-30(11-14)25(26)27/h5,13,15-21,32-34H,4,6-12H2,1-3H3,(H5,26,27,28,29,35,36)/p+1/t15-,16+,17+,18+,19+,20?,21?/m1/s1. The number of quaternary nitrogens is 1. The second kappa shape index (κ2) is 13.0. The van der Waals surface area contributed by atoms with Crippen molar-refractivity contribution in [1.82, 2.24) is 10.2 Å². The second-order valence-electron chi connectivity index (χ2n) is 10.8. The molecule has 2 aliphatic heterocycles. The van der Waals surface area contributed by atoms with Gasteiger partial charge in [-0.05, 0) is 55.1 Å². The number of ether oxygens (including phenoxy) is 1. The van der Waals surface area contributed by atoms with Gasteiger partial charge in [0.1, 0.15) is 19.1 Å². The van der Waals surface area contributed by atoms with Gasteiger partial charge in [0.05, 0.1) is 24.9 Å². The van der Waals surface area contributed by atoms with Crippen molar-refractivity contribution in [2.24, 2.45) is 22.6 Å². The Hall–Kier alpha value is -2.58. The van der Waals surface area contributed by atoms with Crippen molar-refractivity contribution in [3.8, 4) is 0 Å². The number of carbonyl (C=O) groups is 2. The van der Waals surface area contributed by atoms with Crippen molar-refractivity contribution < 1.29 is 45.1 Å². The van der Waals surface area contributed by atoms with Gasteiger partial charge in [0, 0.05) is 19.7 Å². The quantitative estimate of drug-likeness (QED) is 0.0693. The fourth-order valence-corrected chi connectivity index (χ4v) is 5.60. The Bertz CT molecular complexity index is 960. The number of amides is 2. The summed E-state index contributed by atoms with van der Waals surface area (Å²) in [6.07, 6.45) is 0.242. The molecule has 214 valence electrons. The number of nitrogens with two attached hydrogens (primary N) is 1. The van der Waals surface area contributed by atoms with Crippen LogP contribution in [-0.4, -0.2) is 118 Å². The molecule has 13 nitrogen and oxygen atoms in total. The topological polar surface area (TPSA) is 211 Å². The van der Waals surface area contributed by atoms with Crippen LogP contribution in [0.5, 0.6) is 0 Å². The summed E-state index contributed by atoms with van der Waals surface area (Å²) in [6.45, 7) is 4.55. The van der Waals surface area contributed by atoms with Gasteiger partial charge in [-0.25, -0.2) is 10.3 Å². The number of aliphatic hydroxyl groups is 3. The van der Waals surface area contributed by atoms with Crippen molar-refractivity contribution in [3.05, 3.63) is 11.6 Å². The van der Waals surface area contributed by atoms with Crippen molar-refractivity contribution in [2.45, 2.75) is 76.0 Å². The molecule has 13 heteroatoms. The lowest BCUT2D eigenvalue weighted by Gasteiger charge is -2.40. The number of likely N-dealkylation sites (tertiary alicyclic amines) is 1. The summed E-state index contributed by atoms with van der Waals surface area (Å²) in [6, 6.07) is -2.31. The Labute approximate surface area is 222 Å². The Balaban J connectivity index is 1.81. The number of hydrogen-bond acceptors (Lipinski definition) is 8. The SMILES string of the molecule is COC(CO)C(=O)NC(C(=O)N1[C@H](C([O-])=NCCC2=CC[N+](=C(N)[NH3+])C2)C[C@@H]2C[C@H](O)[C@@H](O)C[C@@H]21)C(C)C. The lowest BCUT2D eigenvalue weighted by atomic mass is 9.81. The maximum atomic E-state index is 13.9. The number of nitrogens with one attached hydrogen (secondary N) is 1. The lowest BCUT2D eigenvalue weighted by molar-refractivity contribution is -0.539. The number of guanidine groups is 1. The van der Waals surface area contributed by atoms with Crippen LogP contribution in [0.25, 0.3) is 0 Å². The van der Waals surface area contributed by atoms with E-state index in [1.165, 1.54) is 12.0 Å². The number of aliphatic hydroxyl groups excluding tert-OH is 3. The zero-order valence-electron chi connectivity index (χ0n) is 22.5. The summed E-state index contributed by atoms with van der Waals surface area (Å²) < 4.78 is 6.91. The van der Waals surface area contributed by atoms with Gasteiger partial charge in [0.15, 0.2) is 6.10 Å². The average Bonchev–Trinajstić information content (AvgIpc) is 3.48. The molecule has 2 amide bonds. The minimum Gasteiger partial charge on any atom is -0.861 e. The Kier molecular flexibility index (Phi) is 10.2. The molecule has 0 radical (unpaired) electrons. The number of aliphatic imine (C=N–C) groups is 1. The van der Waals surface area contributed by atoms with Crippen LogP contribution in [0.3, 0.4) is 0 Å². The highest BCUT2D eigenvalue weighted by Gasteiger charge is 2.50. The van der Waals surface area contributed by atoms with Crippen LogP contribution in [0.15, 0.2) is 16.6 Å². The fourth-order valence-electron chi connectivity index (χ4n) is 5.60. The predicted molar refractivity (Wildman–Crippen MR) is 136 cm³/mol. The van der Waals surface area contributed by atoms with Crippen LogP contribution in [0.1, 0.15) is 39.5 Å². The summed E-state index contributed by atoms with van der Waals surface area (Å²) >= 11 is 0. The minimum absolute atomic E-state index is 0.128. The van der Waals surface area contributed by atoms with Crippen LogP contribution in [0, 0.1) is 11.8 Å². The highest BCUT2D eigenvalue weighted by Crippen LogP contribution is 2.40. The first-order valence-corrected chi connectivity index (χ1v) is 13.2. The van der Waals surface area contributed by atoms with Crippen molar-refractivity contribution >= 4 is 23.7 Å². The number of carbonyl (C=O) groups excluding carboxylic acids is 2. The molecular weight excluding hydrogens is 496 g/mol. The van der Waals surface area contributed by atoms with Crippen LogP contribution in [0.4, 0.5) is 0 Å².